The van der Waals surface area contributed by atoms with Crippen LogP contribution in [0.15, 0.2) is 28.7 Å². The highest BCUT2D eigenvalue weighted by Gasteiger charge is 1.99. The van der Waals surface area contributed by atoms with Crippen molar-refractivity contribution in [3.8, 4) is 0 Å². The molecule has 0 radical (unpaired) electrons. The molecule has 0 aliphatic rings. The maximum atomic E-state index is 11.4. The molecule has 0 aliphatic heterocycles. The first kappa shape index (κ1) is 13.0. The fraction of sp³-hybridized carbons (Fsp3) is 0.364. The highest BCUT2D eigenvalue weighted by Crippen LogP contribution is 2.13. The number of amides is 2. The van der Waals surface area contributed by atoms with Crippen LogP contribution in [0.5, 0.6) is 0 Å². The quantitative estimate of drug-likeness (QED) is 0.576. The summed E-state index contributed by atoms with van der Waals surface area (Å²) in [6, 6.07) is 7.16. The maximum Gasteiger partial charge on any atom is 0.333 e. The van der Waals surface area contributed by atoms with Crippen molar-refractivity contribution in [2.24, 2.45) is 0 Å². The second kappa shape index (κ2) is 7.24. The minimum absolute atomic E-state index is 0.251. The lowest BCUT2D eigenvalue weighted by Crippen LogP contribution is -2.40. The van der Waals surface area contributed by atoms with Crippen LogP contribution in [0.1, 0.15) is 19.8 Å². The van der Waals surface area contributed by atoms with Gasteiger partial charge in [-0.25, -0.2) is 10.2 Å². The molecule has 1 aromatic rings. The van der Waals surface area contributed by atoms with Gasteiger partial charge < -0.3 is 5.32 Å². The van der Waals surface area contributed by atoms with Crippen molar-refractivity contribution in [2.75, 3.05) is 11.9 Å². The van der Waals surface area contributed by atoms with Crippen molar-refractivity contribution in [1.82, 2.24) is 10.9 Å². The fourth-order valence-corrected chi connectivity index (χ4v) is 1.37. The normalized spacial score (nSPS) is 9.88. The van der Waals surface area contributed by atoms with Crippen LogP contribution >= 0.6 is 15.9 Å². The zero-order chi connectivity index (χ0) is 11.8. The first-order valence-electron chi connectivity index (χ1n) is 5.28. The zero-order valence-corrected chi connectivity index (χ0v) is 10.8. The molecule has 0 saturated carbocycles. The second-order valence-electron chi connectivity index (χ2n) is 3.37. The van der Waals surface area contributed by atoms with E-state index in [9.17, 15) is 4.79 Å². The van der Waals surface area contributed by atoms with E-state index in [2.05, 4.69) is 39.0 Å². The van der Waals surface area contributed by atoms with Crippen molar-refractivity contribution in [3.05, 3.63) is 28.7 Å². The Morgan fingerprint density at radius 3 is 2.62 bits per heavy atom. The maximum absolute atomic E-state index is 11.4. The Hall–Kier alpha value is -1.07. The Kier molecular flexibility index (Phi) is 5.88. The summed E-state index contributed by atoms with van der Waals surface area (Å²) in [6.45, 7) is 2.88. The van der Waals surface area contributed by atoms with Crippen LogP contribution in [-0.2, 0) is 0 Å². The molecule has 2 amide bonds. The number of benzene rings is 1. The second-order valence-corrected chi connectivity index (χ2v) is 4.28. The molecule has 1 rings (SSSR count). The number of urea groups is 1. The SMILES string of the molecule is CCCCNNC(=O)Nc1ccc(Br)cc1. The van der Waals surface area contributed by atoms with Gasteiger partial charge in [0.05, 0.1) is 0 Å². The topological polar surface area (TPSA) is 53.2 Å². The van der Waals surface area contributed by atoms with Crippen LogP contribution in [-0.4, -0.2) is 12.6 Å². The van der Waals surface area contributed by atoms with Gasteiger partial charge in [0.15, 0.2) is 0 Å². The van der Waals surface area contributed by atoms with Crippen molar-refractivity contribution in [2.45, 2.75) is 19.8 Å². The third-order valence-corrected chi connectivity index (χ3v) is 2.49. The number of carbonyl (C=O) groups excluding carboxylic acids is 1. The summed E-state index contributed by atoms with van der Waals surface area (Å²) in [6.07, 6.45) is 2.14. The third kappa shape index (κ3) is 5.14. The summed E-state index contributed by atoms with van der Waals surface area (Å²) < 4.78 is 0.986. The molecule has 1 aromatic carbocycles. The molecule has 0 bridgehead atoms. The Morgan fingerprint density at radius 2 is 2.00 bits per heavy atom. The monoisotopic (exact) mass is 285 g/mol. The molecule has 0 fully saturated rings. The number of hydrogen-bond donors (Lipinski definition) is 3. The van der Waals surface area contributed by atoms with Gasteiger partial charge in [0, 0.05) is 16.7 Å². The van der Waals surface area contributed by atoms with E-state index in [-0.39, 0.29) is 6.03 Å². The Balaban J connectivity index is 2.26. The number of hydrogen-bond acceptors (Lipinski definition) is 2. The largest absolute Gasteiger partial charge is 0.333 e. The van der Waals surface area contributed by atoms with Crippen LogP contribution in [0.2, 0.25) is 0 Å². The van der Waals surface area contributed by atoms with Crippen LogP contribution < -0.4 is 16.2 Å². The molecule has 4 nitrogen and oxygen atoms in total. The van der Waals surface area contributed by atoms with Gasteiger partial charge >= 0.3 is 6.03 Å². The van der Waals surface area contributed by atoms with E-state index in [1.54, 1.807) is 0 Å². The summed E-state index contributed by atoms with van der Waals surface area (Å²) in [5, 5.41) is 2.71. The van der Waals surface area contributed by atoms with Gasteiger partial charge in [-0.1, -0.05) is 29.3 Å². The first-order chi connectivity index (χ1) is 7.72. The van der Waals surface area contributed by atoms with E-state index < -0.39 is 0 Å². The van der Waals surface area contributed by atoms with Gasteiger partial charge in [0.2, 0.25) is 0 Å². The molecule has 0 heterocycles. The van der Waals surface area contributed by atoms with E-state index in [4.69, 9.17) is 0 Å². The van der Waals surface area contributed by atoms with Crippen LogP contribution in [0, 0.1) is 0 Å². The van der Waals surface area contributed by atoms with Crippen molar-refractivity contribution >= 4 is 27.6 Å². The molecular weight excluding hydrogens is 270 g/mol. The minimum Gasteiger partial charge on any atom is -0.307 e. The number of hydrazine groups is 1. The highest BCUT2D eigenvalue weighted by molar-refractivity contribution is 9.10. The first-order valence-corrected chi connectivity index (χ1v) is 6.07. The number of carbonyl (C=O) groups is 1. The molecule has 5 heteroatoms. The lowest BCUT2D eigenvalue weighted by molar-refractivity contribution is 0.248. The van der Waals surface area contributed by atoms with Gasteiger partial charge in [0.25, 0.3) is 0 Å². The number of nitrogens with one attached hydrogen (secondary N) is 3. The number of rotatable bonds is 5. The predicted octanol–water partition coefficient (Wildman–Crippen LogP) is 2.88. The van der Waals surface area contributed by atoms with Crippen LogP contribution in [0.3, 0.4) is 0 Å². The van der Waals surface area contributed by atoms with E-state index in [1.807, 2.05) is 24.3 Å². The van der Waals surface area contributed by atoms with Crippen molar-refractivity contribution in [3.63, 3.8) is 0 Å². The summed E-state index contributed by atoms with van der Waals surface area (Å²) in [4.78, 5) is 11.4. The lowest BCUT2D eigenvalue weighted by Gasteiger charge is -2.08. The molecule has 16 heavy (non-hydrogen) atoms. The zero-order valence-electron chi connectivity index (χ0n) is 9.22. The van der Waals surface area contributed by atoms with Gasteiger partial charge in [-0.2, -0.15) is 0 Å². The van der Waals surface area contributed by atoms with E-state index >= 15 is 0 Å². The number of anilines is 1. The molecule has 0 saturated heterocycles. The van der Waals surface area contributed by atoms with Crippen molar-refractivity contribution < 1.29 is 4.79 Å². The van der Waals surface area contributed by atoms with Crippen LogP contribution in [0.25, 0.3) is 0 Å². The summed E-state index contributed by atoms with van der Waals surface area (Å²) in [5.74, 6) is 0. The molecule has 0 aromatic heterocycles. The summed E-state index contributed by atoms with van der Waals surface area (Å²) >= 11 is 3.33. The molecular formula is C11H16BrN3O. The van der Waals surface area contributed by atoms with E-state index in [0.717, 1.165) is 29.5 Å². The molecule has 88 valence electrons. The Morgan fingerprint density at radius 1 is 1.31 bits per heavy atom. The van der Waals surface area contributed by atoms with E-state index in [0.29, 0.717) is 0 Å². The standard InChI is InChI=1S/C11H16BrN3O/c1-2-3-8-13-15-11(16)14-10-6-4-9(12)5-7-10/h4-7,13H,2-3,8H2,1H3,(H2,14,15,16). The summed E-state index contributed by atoms with van der Waals surface area (Å²) in [7, 11) is 0. The van der Waals surface area contributed by atoms with E-state index in [1.165, 1.54) is 0 Å². The lowest BCUT2D eigenvalue weighted by atomic mass is 10.3. The average Bonchev–Trinajstić information content (AvgIpc) is 2.28. The van der Waals surface area contributed by atoms with Gasteiger partial charge in [-0.3, -0.25) is 5.43 Å². The fourth-order valence-electron chi connectivity index (χ4n) is 1.10. The van der Waals surface area contributed by atoms with Crippen LogP contribution in [0.4, 0.5) is 10.5 Å². The number of halogens is 1. The molecule has 0 unspecified atom stereocenters. The Bertz CT molecular complexity index is 327. The van der Waals surface area contributed by atoms with Gasteiger partial charge in [-0.15, -0.1) is 0 Å². The molecule has 0 spiro atoms. The molecule has 3 N–H and O–H groups in total. The highest BCUT2D eigenvalue weighted by atomic mass is 79.9. The molecule has 0 atom stereocenters. The minimum atomic E-state index is -0.251. The van der Waals surface area contributed by atoms with Gasteiger partial charge in [0.1, 0.15) is 0 Å². The van der Waals surface area contributed by atoms with Crippen molar-refractivity contribution in [1.29, 1.82) is 0 Å². The predicted molar refractivity (Wildman–Crippen MR) is 69.2 cm³/mol. The average molecular weight is 286 g/mol. The third-order valence-electron chi connectivity index (χ3n) is 1.96. The molecule has 0 aliphatic carbocycles. The van der Waals surface area contributed by atoms with Gasteiger partial charge in [-0.05, 0) is 30.7 Å². The number of unbranched alkanes of at least 4 members (excludes halogenated alkanes) is 1. The Labute approximate surface area is 104 Å². The summed E-state index contributed by atoms with van der Waals surface area (Å²) in [5.41, 5.74) is 6.18. The smallest absolute Gasteiger partial charge is 0.307 e.